The molecule has 2 N–H and O–H groups in total. The molecule has 0 spiro atoms. The fraction of sp³-hybridized carbons (Fsp3) is 0.143. The zero-order valence-corrected chi connectivity index (χ0v) is 11.5. The molecule has 20 heavy (non-hydrogen) atoms. The van der Waals surface area contributed by atoms with Crippen molar-refractivity contribution in [3.8, 4) is 10.6 Å². The molecule has 0 unspecified atom stereocenters. The number of nitrogens with zero attached hydrogens (tertiary/aromatic N) is 3. The summed E-state index contributed by atoms with van der Waals surface area (Å²) in [5, 5.41) is 10.2. The number of benzene rings is 1. The summed E-state index contributed by atoms with van der Waals surface area (Å²) < 4.78 is 15.0. The van der Waals surface area contributed by atoms with E-state index in [2.05, 4.69) is 10.3 Å². The number of hydrogen-bond donors (Lipinski definition) is 1. The van der Waals surface area contributed by atoms with E-state index in [-0.39, 0.29) is 5.82 Å². The van der Waals surface area contributed by atoms with E-state index < -0.39 is 0 Å². The predicted molar refractivity (Wildman–Crippen MR) is 76.7 cm³/mol. The molecule has 0 aliphatic carbocycles. The van der Waals surface area contributed by atoms with E-state index in [1.807, 2.05) is 23.6 Å². The summed E-state index contributed by atoms with van der Waals surface area (Å²) in [7, 11) is 0. The van der Waals surface area contributed by atoms with Crippen molar-refractivity contribution >= 4 is 11.3 Å². The van der Waals surface area contributed by atoms with Gasteiger partial charge in [0.2, 0.25) is 0 Å². The van der Waals surface area contributed by atoms with Crippen molar-refractivity contribution in [3.63, 3.8) is 0 Å². The molecule has 0 bridgehead atoms. The Labute approximate surface area is 119 Å². The first-order valence-corrected chi connectivity index (χ1v) is 7.06. The highest BCUT2D eigenvalue weighted by Gasteiger charge is 2.15. The fourth-order valence-electron chi connectivity index (χ4n) is 2.09. The van der Waals surface area contributed by atoms with E-state index in [9.17, 15) is 4.39 Å². The topological polar surface area (TPSA) is 56.7 Å². The molecule has 2 aromatic heterocycles. The van der Waals surface area contributed by atoms with Crippen LogP contribution in [0.5, 0.6) is 0 Å². The van der Waals surface area contributed by atoms with Crippen molar-refractivity contribution in [2.75, 3.05) is 0 Å². The first-order chi connectivity index (χ1) is 9.78. The first kappa shape index (κ1) is 13.0. The van der Waals surface area contributed by atoms with Crippen LogP contribution in [0, 0.1) is 5.82 Å². The Balaban J connectivity index is 2.00. The van der Waals surface area contributed by atoms with Gasteiger partial charge in [-0.15, -0.1) is 16.4 Å². The Morgan fingerprint density at radius 2 is 2.15 bits per heavy atom. The summed E-state index contributed by atoms with van der Waals surface area (Å²) in [5.41, 5.74) is 8.22. The van der Waals surface area contributed by atoms with Gasteiger partial charge in [-0.3, -0.25) is 0 Å². The zero-order chi connectivity index (χ0) is 13.9. The Kier molecular flexibility index (Phi) is 3.58. The predicted octanol–water partition coefficient (Wildman–Crippen LogP) is 2.65. The average molecular weight is 288 g/mol. The van der Waals surface area contributed by atoms with Crippen molar-refractivity contribution in [1.29, 1.82) is 0 Å². The lowest BCUT2D eigenvalue weighted by molar-refractivity contribution is 0.615. The van der Waals surface area contributed by atoms with E-state index in [1.165, 1.54) is 12.1 Å². The van der Waals surface area contributed by atoms with Gasteiger partial charge in [-0.05, 0) is 29.1 Å². The summed E-state index contributed by atoms with van der Waals surface area (Å²) >= 11 is 1.61. The minimum absolute atomic E-state index is 0.251. The second-order valence-corrected chi connectivity index (χ2v) is 5.30. The minimum Gasteiger partial charge on any atom is -0.325 e. The third kappa shape index (κ3) is 2.48. The maximum Gasteiger partial charge on any atom is 0.123 e. The lowest BCUT2D eigenvalue weighted by Crippen LogP contribution is -2.05. The van der Waals surface area contributed by atoms with Gasteiger partial charge in [-0.1, -0.05) is 23.4 Å². The second-order valence-electron chi connectivity index (χ2n) is 4.35. The minimum atomic E-state index is -0.251. The average Bonchev–Trinajstić information content (AvgIpc) is 3.07. The molecule has 0 saturated carbocycles. The Hall–Kier alpha value is -2.05. The molecule has 0 fully saturated rings. The van der Waals surface area contributed by atoms with Crippen LogP contribution in [0.15, 0.2) is 41.8 Å². The van der Waals surface area contributed by atoms with E-state index in [4.69, 9.17) is 5.73 Å². The van der Waals surface area contributed by atoms with Gasteiger partial charge >= 0.3 is 0 Å². The van der Waals surface area contributed by atoms with E-state index >= 15 is 0 Å². The van der Waals surface area contributed by atoms with Gasteiger partial charge in [-0.25, -0.2) is 9.07 Å². The molecule has 3 rings (SSSR count). The van der Waals surface area contributed by atoms with Crippen LogP contribution in [0.25, 0.3) is 10.6 Å². The molecular formula is C14H13FN4S. The number of aromatic nitrogens is 3. The fourth-order valence-corrected chi connectivity index (χ4v) is 2.88. The normalized spacial score (nSPS) is 10.9. The third-order valence-corrected chi connectivity index (χ3v) is 3.85. The monoisotopic (exact) mass is 288 g/mol. The van der Waals surface area contributed by atoms with Crippen LogP contribution in [0.2, 0.25) is 0 Å². The third-order valence-electron chi connectivity index (χ3n) is 2.97. The van der Waals surface area contributed by atoms with E-state index in [1.54, 1.807) is 22.1 Å². The number of halogens is 1. The molecule has 6 heteroatoms. The maximum absolute atomic E-state index is 13.3. The van der Waals surface area contributed by atoms with Crippen molar-refractivity contribution in [2.24, 2.45) is 5.73 Å². The molecule has 3 aromatic rings. The van der Waals surface area contributed by atoms with Crippen molar-refractivity contribution in [2.45, 2.75) is 13.1 Å². The van der Waals surface area contributed by atoms with Gasteiger partial charge in [-0.2, -0.15) is 0 Å². The standard InChI is InChI=1S/C14H13FN4S/c15-11-4-1-3-10(7-11)9-19-14(12(8-16)17-18-19)13-5-2-6-20-13/h1-7H,8-9,16H2. The summed E-state index contributed by atoms with van der Waals surface area (Å²) in [6.07, 6.45) is 0. The smallest absolute Gasteiger partial charge is 0.123 e. The van der Waals surface area contributed by atoms with Gasteiger partial charge in [0.1, 0.15) is 17.2 Å². The molecule has 0 amide bonds. The van der Waals surface area contributed by atoms with Crippen LogP contribution in [-0.2, 0) is 13.1 Å². The molecule has 4 nitrogen and oxygen atoms in total. The number of hydrogen-bond acceptors (Lipinski definition) is 4. The SMILES string of the molecule is NCc1nnn(Cc2cccc(F)c2)c1-c1cccs1. The van der Waals surface area contributed by atoms with Crippen LogP contribution in [0.4, 0.5) is 4.39 Å². The summed E-state index contributed by atoms with van der Waals surface area (Å²) in [6.45, 7) is 0.800. The Bertz CT molecular complexity index is 706. The number of rotatable bonds is 4. The van der Waals surface area contributed by atoms with Crippen LogP contribution >= 0.6 is 11.3 Å². The Morgan fingerprint density at radius 1 is 1.25 bits per heavy atom. The van der Waals surface area contributed by atoms with Crippen molar-refractivity contribution in [3.05, 3.63) is 58.9 Å². The highest BCUT2D eigenvalue weighted by molar-refractivity contribution is 7.13. The van der Waals surface area contributed by atoms with Gasteiger partial charge in [0, 0.05) is 6.54 Å². The van der Waals surface area contributed by atoms with Crippen LogP contribution < -0.4 is 5.73 Å². The lowest BCUT2D eigenvalue weighted by atomic mass is 10.2. The summed E-state index contributed by atoms with van der Waals surface area (Å²) in [5.74, 6) is -0.251. The van der Waals surface area contributed by atoms with Crippen LogP contribution in [-0.4, -0.2) is 15.0 Å². The van der Waals surface area contributed by atoms with Crippen molar-refractivity contribution < 1.29 is 4.39 Å². The molecule has 0 aliphatic rings. The maximum atomic E-state index is 13.3. The molecule has 0 saturated heterocycles. The molecule has 0 aliphatic heterocycles. The van der Waals surface area contributed by atoms with Gasteiger partial charge < -0.3 is 5.73 Å². The number of nitrogens with two attached hydrogens (primary N) is 1. The Morgan fingerprint density at radius 3 is 2.85 bits per heavy atom. The summed E-state index contributed by atoms with van der Waals surface area (Å²) in [4.78, 5) is 1.06. The molecule has 2 heterocycles. The second kappa shape index (κ2) is 5.52. The molecule has 0 atom stereocenters. The molecule has 1 aromatic carbocycles. The molecular weight excluding hydrogens is 275 g/mol. The highest BCUT2D eigenvalue weighted by atomic mass is 32.1. The first-order valence-electron chi connectivity index (χ1n) is 6.18. The highest BCUT2D eigenvalue weighted by Crippen LogP contribution is 2.27. The van der Waals surface area contributed by atoms with Gasteiger partial charge in [0.25, 0.3) is 0 Å². The van der Waals surface area contributed by atoms with Crippen LogP contribution in [0.1, 0.15) is 11.3 Å². The molecule has 0 radical (unpaired) electrons. The van der Waals surface area contributed by atoms with E-state index in [0.717, 1.165) is 21.8 Å². The van der Waals surface area contributed by atoms with Gasteiger partial charge in [0.05, 0.1) is 11.4 Å². The quantitative estimate of drug-likeness (QED) is 0.803. The lowest BCUT2D eigenvalue weighted by Gasteiger charge is -2.06. The number of thiophene rings is 1. The largest absolute Gasteiger partial charge is 0.325 e. The molecule has 102 valence electrons. The summed E-state index contributed by atoms with van der Waals surface area (Å²) in [6, 6.07) is 10.5. The zero-order valence-electron chi connectivity index (χ0n) is 10.7. The van der Waals surface area contributed by atoms with E-state index in [0.29, 0.717) is 13.1 Å². The van der Waals surface area contributed by atoms with Gasteiger partial charge in [0.15, 0.2) is 0 Å². The van der Waals surface area contributed by atoms with Crippen LogP contribution in [0.3, 0.4) is 0 Å². The van der Waals surface area contributed by atoms with Crippen molar-refractivity contribution in [1.82, 2.24) is 15.0 Å².